The number of amides is 2. The number of hydrogen-bond acceptors (Lipinski definition) is 3. The Hall–Kier alpha value is -2.31. The molecule has 0 unspecified atom stereocenters. The first-order chi connectivity index (χ1) is 10.4. The quantitative estimate of drug-likeness (QED) is 0.623. The smallest absolute Gasteiger partial charge is 0.406 e. The van der Waals surface area contributed by atoms with Crippen LogP contribution in [0.3, 0.4) is 0 Å². The molecule has 1 fully saturated rings. The second-order valence-electron chi connectivity index (χ2n) is 5.21. The number of allylic oxidation sites excluding steroid dienone is 2. The van der Waals surface area contributed by atoms with Crippen LogP contribution in [0.25, 0.3) is 0 Å². The van der Waals surface area contributed by atoms with Crippen molar-refractivity contribution >= 4 is 17.5 Å². The number of imide groups is 1. The van der Waals surface area contributed by atoms with Gasteiger partial charge in [0.05, 0.1) is 17.5 Å². The number of ether oxygens (including phenoxy) is 1. The van der Waals surface area contributed by atoms with E-state index in [9.17, 15) is 22.8 Å². The Morgan fingerprint density at radius 3 is 1.91 bits per heavy atom. The molecular weight excluding hydrogens is 299 g/mol. The molecule has 1 aromatic rings. The van der Waals surface area contributed by atoms with Crippen LogP contribution >= 0.6 is 0 Å². The molecule has 0 aromatic heterocycles. The Morgan fingerprint density at radius 2 is 1.45 bits per heavy atom. The molecule has 1 heterocycles. The molecule has 4 nitrogen and oxygen atoms in total. The highest BCUT2D eigenvalue weighted by Gasteiger charge is 2.47. The average Bonchev–Trinajstić information content (AvgIpc) is 2.71. The van der Waals surface area contributed by atoms with Crippen LogP contribution < -0.4 is 9.64 Å². The minimum absolute atomic E-state index is 0.263. The van der Waals surface area contributed by atoms with Crippen molar-refractivity contribution in [3.05, 3.63) is 36.4 Å². The van der Waals surface area contributed by atoms with Crippen LogP contribution in [0.1, 0.15) is 12.8 Å². The standard InChI is InChI=1S/C15H12F3NO3/c16-15(17,18)22-10-7-5-9(6-8-10)19-13(20)11-3-1-2-4-12(11)14(19)21/h1-2,5-8,11-12H,3-4H2/t11-,12+. The molecule has 0 radical (unpaired) electrons. The summed E-state index contributed by atoms with van der Waals surface area (Å²) in [4.78, 5) is 25.7. The van der Waals surface area contributed by atoms with Gasteiger partial charge in [0.2, 0.25) is 11.8 Å². The number of anilines is 1. The zero-order valence-corrected chi connectivity index (χ0v) is 11.3. The van der Waals surface area contributed by atoms with Gasteiger partial charge in [-0.2, -0.15) is 0 Å². The van der Waals surface area contributed by atoms with Crippen LogP contribution in [-0.4, -0.2) is 18.2 Å². The zero-order chi connectivity index (χ0) is 15.9. The zero-order valence-electron chi connectivity index (χ0n) is 11.3. The summed E-state index contributed by atoms with van der Waals surface area (Å²) in [6, 6.07) is 4.73. The predicted molar refractivity (Wildman–Crippen MR) is 71.0 cm³/mol. The van der Waals surface area contributed by atoms with Crippen molar-refractivity contribution in [2.24, 2.45) is 11.8 Å². The first-order valence-corrected chi connectivity index (χ1v) is 6.75. The maximum Gasteiger partial charge on any atom is 0.573 e. The van der Waals surface area contributed by atoms with Gasteiger partial charge in [0, 0.05) is 0 Å². The number of benzene rings is 1. The Kier molecular flexibility index (Phi) is 3.42. The van der Waals surface area contributed by atoms with Crippen molar-refractivity contribution < 1.29 is 27.5 Å². The Morgan fingerprint density at radius 1 is 0.955 bits per heavy atom. The van der Waals surface area contributed by atoms with Crippen LogP contribution in [0.15, 0.2) is 36.4 Å². The molecule has 22 heavy (non-hydrogen) atoms. The van der Waals surface area contributed by atoms with Crippen molar-refractivity contribution in [2.75, 3.05) is 4.90 Å². The van der Waals surface area contributed by atoms with E-state index in [-0.39, 0.29) is 29.3 Å². The maximum absolute atomic E-state index is 12.3. The molecule has 0 spiro atoms. The van der Waals surface area contributed by atoms with Gasteiger partial charge in [-0.1, -0.05) is 12.2 Å². The number of hydrogen-bond donors (Lipinski definition) is 0. The highest BCUT2D eigenvalue weighted by molar-refractivity contribution is 6.22. The van der Waals surface area contributed by atoms with Crippen molar-refractivity contribution in [2.45, 2.75) is 19.2 Å². The highest BCUT2D eigenvalue weighted by atomic mass is 19.4. The van der Waals surface area contributed by atoms with Crippen molar-refractivity contribution in [3.8, 4) is 5.75 Å². The lowest BCUT2D eigenvalue weighted by atomic mass is 9.85. The van der Waals surface area contributed by atoms with Crippen molar-refractivity contribution in [3.63, 3.8) is 0 Å². The monoisotopic (exact) mass is 311 g/mol. The molecule has 7 heteroatoms. The first kappa shape index (κ1) is 14.6. The van der Waals surface area contributed by atoms with E-state index in [2.05, 4.69) is 4.74 Å². The molecule has 1 aliphatic carbocycles. The number of rotatable bonds is 2. The van der Waals surface area contributed by atoms with Gasteiger partial charge in [-0.05, 0) is 37.1 Å². The number of fused-ring (bicyclic) bond motifs is 1. The van der Waals surface area contributed by atoms with Crippen molar-refractivity contribution in [1.29, 1.82) is 0 Å². The normalized spacial score (nSPS) is 24.6. The number of nitrogens with zero attached hydrogens (tertiary/aromatic N) is 1. The Bertz CT molecular complexity index is 610. The fourth-order valence-corrected chi connectivity index (χ4v) is 2.85. The summed E-state index contributed by atoms with van der Waals surface area (Å²) in [5.41, 5.74) is 0.263. The molecule has 1 aliphatic heterocycles. The van der Waals surface area contributed by atoms with Gasteiger partial charge in [-0.25, -0.2) is 0 Å². The lowest BCUT2D eigenvalue weighted by Crippen LogP contribution is -2.30. The summed E-state index contributed by atoms with van der Waals surface area (Å²) < 4.78 is 40.1. The Labute approximate surface area is 124 Å². The van der Waals surface area contributed by atoms with E-state index in [1.54, 1.807) is 0 Å². The van der Waals surface area contributed by atoms with E-state index < -0.39 is 12.1 Å². The number of halogens is 3. The van der Waals surface area contributed by atoms with Gasteiger partial charge in [-0.3, -0.25) is 14.5 Å². The minimum Gasteiger partial charge on any atom is -0.406 e. The van der Waals surface area contributed by atoms with Gasteiger partial charge in [0.15, 0.2) is 0 Å². The van der Waals surface area contributed by atoms with Gasteiger partial charge in [-0.15, -0.1) is 13.2 Å². The summed E-state index contributed by atoms with van der Waals surface area (Å²) in [7, 11) is 0. The van der Waals surface area contributed by atoms with E-state index in [1.165, 1.54) is 12.1 Å². The van der Waals surface area contributed by atoms with E-state index >= 15 is 0 Å². The Balaban J connectivity index is 1.82. The minimum atomic E-state index is -4.78. The number of carbonyl (C=O) groups is 2. The second-order valence-corrected chi connectivity index (χ2v) is 5.21. The van der Waals surface area contributed by atoms with E-state index in [1.807, 2.05) is 12.2 Å². The summed E-state index contributed by atoms with van der Waals surface area (Å²) >= 11 is 0. The third kappa shape index (κ3) is 2.58. The molecule has 3 rings (SSSR count). The number of alkyl halides is 3. The third-order valence-corrected chi connectivity index (χ3v) is 3.84. The summed E-state index contributed by atoms with van der Waals surface area (Å²) in [6.45, 7) is 0. The lowest BCUT2D eigenvalue weighted by Gasteiger charge is -2.15. The molecule has 0 bridgehead atoms. The van der Waals surface area contributed by atoms with E-state index in [0.29, 0.717) is 12.8 Å². The van der Waals surface area contributed by atoms with E-state index in [0.717, 1.165) is 17.0 Å². The van der Waals surface area contributed by atoms with Gasteiger partial charge >= 0.3 is 6.36 Å². The van der Waals surface area contributed by atoms with Crippen LogP contribution in [-0.2, 0) is 9.59 Å². The fraction of sp³-hybridized carbons (Fsp3) is 0.333. The summed E-state index contributed by atoms with van der Waals surface area (Å²) in [5, 5.41) is 0. The molecule has 116 valence electrons. The van der Waals surface area contributed by atoms with Gasteiger partial charge in [0.1, 0.15) is 5.75 Å². The topological polar surface area (TPSA) is 46.6 Å². The molecule has 2 aliphatic rings. The lowest BCUT2D eigenvalue weighted by molar-refractivity contribution is -0.274. The predicted octanol–water partition coefficient (Wildman–Crippen LogP) is 3.04. The van der Waals surface area contributed by atoms with Crippen LogP contribution in [0, 0.1) is 11.8 Å². The fourth-order valence-electron chi connectivity index (χ4n) is 2.85. The van der Waals surface area contributed by atoms with Gasteiger partial charge < -0.3 is 4.74 Å². The SMILES string of the molecule is O=C1[C@H]2CC=CC[C@H]2C(=O)N1c1ccc(OC(F)(F)F)cc1. The first-order valence-electron chi connectivity index (χ1n) is 6.75. The second kappa shape index (κ2) is 5.15. The third-order valence-electron chi connectivity index (χ3n) is 3.84. The largest absolute Gasteiger partial charge is 0.573 e. The van der Waals surface area contributed by atoms with Crippen LogP contribution in [0.4, 0.5) is 18.9 Å². The molecule has 0 saturated carbocycles. The average molecular weight is 311 g/mol. The summed E-state index contributed by atoms with van der Waals surface area (Å²) in [5.74, 6) is -1.74. The maximum atomic E-state index is 12.3. The molecule has 1 saturated heterocycles. The van der Waals surface area contributed by atoms with Crippen LogP contribution in [0.5, 0.6) is 5.75 Å². The molecular formula is C15H12F3NO3. The molecule has 2 amide bonds. The van der Waals surface area contributed by atoms with Crippen LogP contribution in [0.2, 0.25) is 0 Å². The summed E-state index contributed by atoms with van der Waals surface area (Å²) in [6.07, 6.45) is -0.00430. The molecule has 0 N–H and O–H groups in total. The molecule has 2 atom stereocenters. The van der Waals surface area contributed by atoms with E-state index in [4.69, 9.17) is 0 Å². The highest BCUT2D eigenvalue weighted by Crippen LogP contribution is 2.38. The van der Waals surface area contributed by atoms with Crippen molar-refractivity contribution in [1.82, 2.24) is 0 Å². The van der Waals surface area contributed by atoms with Gasteiger partial charge in [0.25, 0.3) is 0 Å². The number of carbonyl (C=O) groups excluding carboxylic acids is 2. The molecule has 1 aromatic carbocycles.